The van der Waals surface area contributed by atoms with Crippen LogP contribution in [0.2, 0.25) is 0 Å². The molecule has 1 aromatic carbocycles. The van der Waals surface area contributed by atoms with E-state index in [4.69, 9.17) is 0 Å². The van der Waals surface area contributed by atoms with Crippen molar-refractivity contribution < 1.29 is 19.2 Å². The molecule has 4 aliphatic heterocycles. The third-order valence-electron chi connectivity index (χ3n) is 6.59. The molecule has 3 saturated heterocycles. The van der Waals surface area contributed by atoms with Gasteiger partial charge in [0.25, 0.3) is 11.8 Å². The smallest absolute Gasteiger partial charge is 0.262 e. The van der Waals surface area contributed by atoms with Gasteiger partial charge in [0.2, 0.25) is 11.8 Å². The fourth-order valence-corrected chi connectivity index (χ4v) is 5.14. The number of piperidine rings is 2. The van der Waals surface area contributed by atoms with Gasteiger partial charge >= 0.3 is 0 Å². The summed E-state index contributed by atoms with van der Waals surface area (Å²) in [4.78, 5) is 52.7. The van der Waals surface area contributed by atoms with Crippen molar-refractivity contribution >= 4 is 23.6 Å². The highest BCUT2D eigenvalue weighted by molar-refractivity contribution is 6.23. The molecule has 0 saturated carbocycles. The number of likely N-dealkylation sites (tertiary alicyclic amines) is 1. The first-order chi connectivity index (χ1) is 14.0. The Labute approximate surface area is 168 Å². The summed E-state index contributed by atoms with van der Waals surface area (Å²) in [5, 5.41) is 5.81. The minimum absolute atomic E-state index is 0.125. The van der Waals surface area contributed by atoms with Crippen LogP contribution in [0.25, 0.3) is 0 Å². The van der Waals surface area contributed by atoms with E-state index in [1.54, 1.807) is 12.1 Å². The third-order valence-corrected chi connectivity index (χ3v) is 6.59. The van der Waals surface area contributed by atoms with Gasteiger partial charge in [0.1, 0.15) is 6.04 Å². The second-order valence-electron chi connectivity index (χ2n) is 8.48. The lowest BCUT2D eigenvalue weighted by atomic mass is 9.94. The first-order valence-corrected chi connectivity index (χ1v) is 10.3. The number of hydrogen-bond donors (Lipinski definition) is 2. The highest BCUT2D eigenvalue weighted by Gasteiger charge is 2.44. The molecule has 0 radical (unpaired) electrons. The summed E-state index contributed by atoms with van der Waals surface area (Å²) in [5.74, 6) is -1.17. The van der Waals surface area contributed by atoms with E-state index in [9.17, 15) is 19.2 Å². The highest BCUT2D eigenvalue weighted by Crippen LogP contribution is 2.30. The lowest BCUT2D eigenvalue weighted by molar-refractivity contribution is -0.136. The molecule has 2 N–H and O–H groups in total. The summed E-state index contributed by atoms with van der Waals surface area (Å²) in [5.41, 5.74) is 1.68. The molecule has 3 atom stereocenters. The molecular weight excluding hydrogens is 372 g/mol. The Kier molecular flexibility index (Phi) is 4.48. The molecule has 4 aliphatic rings. The molecule has 1 aromatic rings. The molecule has 1 unspecified atom stereocenters. The van der Waals surface area contributed by atoms with E-state index in [0.29, 0.717) is 23.1 Å². The maximum Gasteiger partial charge on any atom is 0.262 e. The van der Waals surface area contributed by atoms with Crippen LogP contribution in [0.4, 0.5) is 0 Å². The lowest BCUT2D eigenvalue weighted by Crippen LogP contribution is -2.54. The summed E-state index contributed by atoms with van der Waals surface area (Å²) in [6.45, 7) is 3.86. The van der Waals surface area contributed by atoms with Crippen molar-refractivity contribution in [2.45, 2.75) is 44.3 Å². The van der Waals surface area contributed by atoms with Crippen molar-refractivity contribution in [3.05, 3.63) is 34.9 Å². The summed E-state index contributed by atoms with van der Waals surface area (Å²) in [6.07, 6.45) is 2.78. The minimum atomic E-state index is -0.920. The Morgan fingerprint density at radius 1 is 1.00 bits per heavy atom. The number of rotatable bonds is 3. The Balaban J connectivity index is 1.33. The number of nitrogens with one attached hydrogen (secondary N) is 2. The zero-order chi connectivity index (χ0) is 20.1. The van der Waals surface area contributed by atoms with Crippen LogP contribution in [0, 0.1) is 5.92 Å². The van der Waals surface area contributed by atoms with Crippen LogP contribution in [0.15, 0.2) is 18.2 Å². The molecule has 8 heteroatoms. The topological polar surface area (TPSA) is 98.8 Å². The maximum absolute atomic E-state index is 12.9. The zero-order valence-corrected chi connectivity index (χ0v) is 16.1. The van der Waals surface area contributed by atoms with Gasteiger partial charge in [0.05, 0.1) is 11.1 Å². The third kappa shape index (κ3) is 3.16. The molecule has 152 valence electrons. The maximum atomic E-state index is 12.9. The molecule has 3 fully saturated rings. The van der Waals surface area contributed by atoms with Crippen molar-refractivity contribution in [3.63, 3.8) is 0 Å². The van der Waals surface area contributed by atoms with Crippen LogP contribution < -0.4 is 10.6 Å². The van der Waals surface area contributed by atoms with E-state index >= 15 is 0 Å². The van der Waals surface area contributed by atoms with Gasteiger partial charge in [-0.05, 0) is 49.4 Å². The molecular formula is C21H24N4O4. The fourth-order valence-electron chi connectivity index (χ4n) is 5.14. The Morgan fingerprint density at radius 2 is 1.83 bits per heavy atom. The SMILES string of the molecule is O=C1CCC(N2C(=O)c3ccc(CN4C[C@@H]5CCCN[C@@H]5C4)cc3C2=O)C(=O)N1. The number of benzene rings is 1. The number of carbonyl (C=O) groups excluding carboxylic acids is 4. The highest BCUT2D eigenvalue weighted by atomic mass is 16.2. The number of carbonyl (C=O) groups is 4. The molecule has 4 amide bonds. The lowest BCUT2D eigenvalue weighted by Gasteiger charge is -2.27. The van der Waals surface area contributed by atoms with Crippen LogP contribution >= 0.6 is 0 Å². The molecule has 0 aromatic heterocycles. The molecule has 0 spiro atoms. The van der Waals surface area contributed by atoms with Gasteiger partial charge in [-0.2, -0.15) is 0 Å². The van der Waals surface area contributed by atoms with Gasteiger partial charge in [-0.15, -0.1) is 0 Å². The quantitative estimate of drug-likeness (QED) is 0.712. The monoisotopic (exact) mass is 396 g/mol. The van der Waals surface area contributed by atoms with Gasteiger partial charge in [0.15, 0.2) is 0 Å². The number of amides is 4. The second kappa shape index (κ2) is 7.03. The van der Waals surface area contributed by atoms with E-state index < -0.39 is 23.8 Å². The molecule has 29 heavy (non-hydrogen) atoms. The summed E-state index contributed by atoms with van der Waals surface area (Å²) in [6, 6.07) is 5.00. The number of hydrogen-bond acceptors (Lipinski definition) is 6. The van der Waals surface area contributed by atoms with E-state index in [-0.39, 0.29) is 18.7 Å². The molecule has 0 bridgehead atoms. The number of imide groups is 2. The van der Waals surface area contributed by atoms with Crippen molar-refractivity contribution in [1.82, 2.24) is 20.4 Å². The number of nitrogens with zero attached hydrogens (tertiary/aromatic N) is 2. The van der Waals surface area contributed by atoms with E-state index in [2.05, 4.69) is 15.5 Å². The fraction of sp³-hybridized carbons (Fsp3) is 0.524. The van der Waals surface area contributed by atoms with Gasteiger partial charge in [-0.25, -0.2) is 0 Å². The summed E-state index contributed by atoms with van der Waals surface area (Å²) in [7, 11) is 0. The van der Waals surface area contributed by atoms with Crippen LogP contribution in [-0.4, -0.2) is 65.1 Å². The standard InChI is InChI=1S/C21H24N4O4/c26-18-6-5-17(19(27)23-18)25-20(28)14-4-3-12(8-15(14)21(25)29)9-24-10-13-2-1-7-22-16(13)11-24/h3-4,8,13,16-17,22H,1-2,5-7,9-11H2,(H,23,26,27)/t13-,16+,17?/m0/s1. The largest absolute Gasteiger partial charge is 0.312 e. The van der Waals surface area contributed by atoms with Crippen molar-refractivity contribution in [1.29, 1.82) is 0 Å². The Bertz CT molecular complexity index is 900. The zero-order valence-electron chi connectivity index (χ0n) is 16.1. The van der Waals surface area contributed by atoms with Crippen LogP contribution in [-0.2, 0) is 16.1 Å². The predicted molar refractivity (Wildman–Crippen MR) is 103 cm³/mol. The van der Waals surface area contributed by atoms with Crippen LogP contribution in [0.1, 0.15) is 52.0 Å². The normalized spacial score (nSPS) is 29.8. The van der Waals surface area contributed by atoms with Gasteiger partial charge in [-0.3, -0.25) is 34.3 Å². The van der Waals surface area contributed by atoms with E-state index in [1.165, 1.54) is 12.8 Å². The first-order valence-electron chi connectivity index (χ1n) is 10.3. The molecule has 8 nitrogen and oxygen atoms in total. The predicted octanol–water partition coefficient (Wildman–Crippen LogP) is 0.272. The van der Waals surface area contributed by atoms with Crippen LogP contribution in [0.3, 0.4) is 0 Å². The van der Waals surface area contributed by atoms with Gasteiger partial charge in [0, 0.05) is 32.1 Å². The van der Waals surface area contributed by atoms with E-state index in [0.717, 1.165) is 36.6 Å². The van der Waals surface area contributed by atoms with E-state index in [1.807, 2.05) is 6.07 Å². The Hall–Kier alpha value is -2.58. The van der Waals surface area contributed by atoms with Gasteiger partial charge in [-0.1, -0.05) is 6.07 Å². The molecule has 4 heterocycles. The number of fused-ring (bicyclic) bond motifs is 2. The second-order valence-corrected chi connectivity index (χ2v) is 8.48. The average Bonchev–Trinajstić information content (AvgIpc) is 3.21. The van der Waals surface area contributed by atoms with Crippen molar-refractivity contribution in [2.24, 2.45) is 5.92 Å². The van der Waals surface area contributed by atoms with Gasteiger partial charge < -0.3 is 5.32 Å². The first kappa shape index (κ1) is 18.4. The summed E-state index contributed by atoms with van der Waals surface area (Å²) >= 11 is 0. The van der Waals surface area contributed by atoms with Crippen LogP contribution in [0.5, 0.6) is 0 Å². The molecule has 0 aliphatic carbocycles. The summed E-state index contributed by atoms with van der Waals surface area (Å²) < 4.78 is 0. The van der Waals surface area contributed by atoms with Crippen molar-refractivity contribution in [3.8, 4) is 0 Å². The van der Waals surface area contributed by atoms with Crippen molar-refractivity contribution in [2.75, 3.05) is 19.6 Å². The minimum Gasteiger partial charge on any atom is -0.312 e. The average molecular weight is 396 g/mol. The molecule has 5 rings (SSSR count). The Morgan fingerprint density at radius 3 is 2.62 bits per heavy atom.